The monoisotopic (exact) mass is 346 g/mol. The van der Waals surface area contributed by atoms with Crippen LogP contribution in [0.15, 0.2) is 29.4 Å². The fourth-order valence-electron chi connectivity index (χ4n) is 2.67. The average Bonchev–Trinajstić information content (AvgIpc) is 3.01. The molecule has 3 rings (SSSR count). The molecule has 0 spiro atoms. The summed E-state index contributed by atoms with van der Waals surface area (Å²) < 4.78 is 0. The van der Waals surface area contributed by atoms with Crippen molar-refractivity contribution in [3.05, 3.63) is 24.3 Å². The largest absolute Gasteiger partial charge is 0.372 e. The number of hydrogen-bond donors (Lipinski definition) is 3. The molecule has 24 heavy (non-hydrogen) atoms. The summed E-state index contributed by atoms with van der Waals surface area (Å²) in [6, 6.07) is 8.03. The molecule has 1 aliphatic heterocycles. The molecular weight excluding hydrogens is 324 g/mol. The van der Waals surface area contributed by atoms with Crippen LogP contribution in [0.4, 0.5) is 17.3 Å². The third kappa shape index (κ3) is 4.19. The van der Waals surface area contributed by atoms with E-state index in [1.54, 1.807) is 0 Å². The molecule has 1 saturated heterocycles. The number of amides is 1. The van der Waals surface area contributed by atoms with E-state index in [1.165, 1.54) is 36.7 Å². The van der Waals surface area contributed by atoms with Crippen LogP contribution in [0.1, 0.15) is 26.2 Å². The van der Waals surface area contributed by atoms with Gasteiger partial charge in [-0.3, -0.25) is 4.79 Å². The van der Waals surface area contributed by atoms with Gasteiger partial charge in [-0.2, -0.15) is 4.98 Å². The van der Waals surface area contributed by atoms with Crippen molar-refractivity contribution >= 4 is 35.0 Å². The third-order valence-corrected chi connectivity index (χ3v) is 4.95. The molecule has 0 bridgehead atoms. The van der Waals surface area contributed by atoms with Crippen molar-refractivity contribution in [3.63, 3.8) is 0 Å². The summed E-state index contributed by atoms with van der Waals surface area (Å²) in [6.07, 6.45) is 3.81. The second-order valence-corrected chi connectivity index (χ2v) is 7.16. The van der Waals surface area contributed by atoms with E-state index in [9.17, 15) is 4.79 Å². The Morgan fingerprint density at radius 3 is 2.62 bits per heavy atom. The number of nitrogen functional groups attached to an aromatic ring is 1. The van der Waals surface area contributed by atoms with Crippen LogP contribution < -0.4 is 16.0 Å². The zero-order valence-corrected chi connectivity index (χ0v) is 14.5. The normalized spacial score (nSPS) is 16.0. The molecule has 1 amide bonds. The Bertz CT molecular complexity index is 680. The first kappa shape index (κ1) is 16.6. The quantitative estimate of drug-likeness (QED) is 0.719. The van der Waals surface area contributed by atoms with Crippen molar-refractivity contribution in [3.8, 4) is 0 Å². The second kappa shape index (κ2) is 7.57. The predicted molar refractivity (Wildman–Crippen MR) is 97.2 cm³/mol. The van der Waals surface area contributed by atoms with Crippen LogP contribution in [-0.2, 0) is 4.79 Å². The van der Waals surface area contributed by atoms with Gasteiger partial charge in [0.1, 0.15) is 0 Å². The Morgan fingerprint density at radius 1 is 1.29 bits per heavy atom. The lowest BCUT2D eigenvalue weighted by Crippen LogP contribution is -2.29. The summed E-state index contributed by atoms with van der Waals surface area (Å²) in [6.45, 7) is 4.03. The first-order chi connectivity index (χ1) is 11.6. The van der Waals surface area contributed by atoms with E-state index in [0.717, 1.165) is 18.8 Å². The number of H-pyrrole nitrogens is 1. The van der Waals surface area contributed by atoms with Crippen LogP contribution in [0.2, 0.25) is 0 Å². The minimum Gasteiger partial charge on any atom is -0.372 e. The predicted octanol–water partition coefficient (Wildman–Crippen LogP) is 2.50. The molecule has 1 fully saturated rings. The summed E-state index contributed by atoms with van der Waals surface area (Å²) in [4.78, 5) is 18.7. The van der Waals surface area contributed by atoms with Gasteiger partial charge < -0.3 is 16.0 Å². The number of hydrogen-bond acceptors (Lipinski definition) is 6. The summed E-state index contributed by atoms with van der Waals surface area (Å²) in [7, 11) is 0. The average molecular weight is 346 g/mol. The molecule has 0 aliphatic carbocycles. The number of thioether (sulfide) groups is 1. The molecule has 1 atom stereocenters. The molecule has 1 aromatic heterocycles. The fraction of sp³-hybridized carbons (Fsp3) is 0.438. The minimum atomic E-state index is -0.318. The first-order valence-corrected chi connectivity index (χ1v) is 9.00. The van der Waals surface area contributed by atoms with E-state index >= 15 is 0 Å². The van der Waals surface area contributed by atoms with Crippen LogP contribution in [0, 0.1) is 0 Å². The third-order valence-electron chi connectivity index (χ3n) is 3.99. The smallest absolute Gasteiger partial charge is 0.237 e. The Kier molecular flexibility index (Phi) is 5.24. The highest BCUT2D eigenvalue weighted by Gasteiger charge is 2.17. The maximum atomic E-state index is 12.3. The van der Waals surface area contributed by atoms with E-state index in [2.05, 4.69) is 37.5 Å². The topological polar surface area (TPSA) is 99.9 Å². The summed E-state index contributed by atoms with van der Waals surface area (Å²) >= 11 is 1.26. The second-order valence-electron chi connectivity index (χ2n) is 5.85. The lowest BCUT2D eigenvalue weighted by molar-refractivity contribution is -0.115. The van der Waals surface area contributed by atoms with Gasteiger partial charge in [-0.05, 0) is 50.5 Å². The van der Waals surface area contributed by atoms with Crippen molar-refractivity contribution in [2.45, 2.75) is 36.6 Å². The highest BCUT2D eigenvalue weighted by molar-refractivity contribution is 8.00. The molecule has 2 heterocycles. The standard InChI is InChI=1S/C16H22N6OS/c1-11(24-16-19-15(17)20-21-16)14(23)18-12-5-7-13(8-6-12)22-9-3-2-4-10-22/h5-8,11H,2-4,9-10H2,1H3,(H,18,23)(H3,17,19,20,21). The van der Waals surface area contributed by atoms with Crippen molar-refractivity contribution in [2.75, 3.05) is 29.0 Å². The van der Waals surface area contributed by atoms with Crippen LogP contribution >= 0.6 is 11.8 Å². The van der Waals surface area contributed by atoms with Gasteiger partial charge in [-0.15, -0.1) is 5.10 Å². The number of aromatic amines is 1. The molecule has 0 radical (unpaired) electrons. The van der Waals surface area contributed by atoms with Gasteiger partial charge in [0.25, 0.3) is 0 Å². The number of aromatic nitrogens is 3. The van der Waals surface area contributed by atoms with Gasteiger partial charge in [0.15, 0.2) is 0 Å². The number of anilines is 3. The van der Waals surface area contributed by atoms with Crippen molar-refractivity contribution < 1.29 is 4.79 Å². The van der Waals surface area contributed by atoms with E-state index in [1.807, 2.05) is 19.1 Å². The van der Waals surface area contributed by atoms with E-state index in [4.69, 9.17) is 5.73 Å². The molecule has 128 valence electrons. The first-order valence-electron chi connectivity index (χ1n) is 8.12. The van der Waals surface area contributed by atoms with Gasteiger partial charge in [0.05, 0.1) is 5.25 Å². The summed E-state index contributed by atoms with van der Waals surface area (Å²) in [5, 5.41) is 9.56. The Labute approximate surface area is 145 Å². The molecule has 1 aliphatic rings. The number of nitrogens with two attached hydrogens (primary N) is 1. The van der Waals surface area contributed by atoms with Crippen LogP contribution in [0.3, 0.4) is 0 Å². The maximum Gasteiger partial charge on any atom is 0.237 e. The minimum absolute atomic E-state index is 0.0888. The van der Waals surface area contributed by atoms with Crippen molar-refractivity contribution in [1.29, 1.82) is 0 Å². The molecule has 4 N–H and O–H groups in total. The van der Waals surface area contributed by atoms with Gasteiger partial charge in [-0.25, -0.2) is 5.10 Å². The van der Waals surface area contributed by atoms with Crippen LogP contribution in [0.5, 0.6) is 0 Å². The Hall–Kier alpha value is -2.22. The lowest BCUT2D eigenvalue weighted by atomic mass is 10.1. The number of benzene rings is 1. The van der Waals surface area contributed by atoms with Gasteiger partial charge in [-0.1, -0.05) is 11.8 Å². The van der Waals surface area contributed by atoms with Crippen LogP contribution in [0.25, 0.3) is 0 Å². The lowest BCUT2D eigenvalue weighted by Gasteiger charge is -2.28. The van der Waals surface area contributed by atoms with Crippen molar-refractivity contribution in [1.82, 2.24) is 15.2 Å². The van der Waals surface area contributed by atoms with E-state index in [0.29, 0.717) is 5.16 Å². The highest BCUT2D eigenvalue weighted by Crippen LogP contribution is 2.24. The van der Waals surface area contributed by atoms with Gasteiger partial charge in [0, 0.05) is 24.5 Å². The Balaban J connectivity index is 1.55. The van der Waals surface area contributed by atoms with Gasteiger partial charge in [0.2, 0.25) is 17.0 Å². The summed E-state index contributed by atoms with van der Waals surface area (Å²) in [5.74, 6) is 0.160. The molecule has 2 aromatic rings. The molecule has 1 unspecified atom stereocenters. The molecular formula is C16H22N6OS. The zero-order chi connectivity index (χ0) is 16.9. The molecule has 1 aromatic carbocycles. The van der Waals surface area contributed by atoms with E-state index in [-0.39, 0.29) is 17.1 Å². The SMILES string of the molecule is CC(Sc1n[nH]c(N)n1)C(=O)Nc1ccc(N2CCCCC2)cc1. The van der Waals surface area contributed by atoms with Crippen molar-refractivity contribution in [2.24, 2.45) is 0 Å². The number of rotatable bonds is 5. The Morgan fingerprint density at radius 2 is 2.00 bits per heavy atom. The number of carbonyl (C=O) groups excluding carboxylic acids is 1. The molecule has 7 nitrogen and oxygen atoms in total. The number of nitrogens with zero attached hydrogens (tertiary/aromatic N) is 3. The highest BCUT2D eigenvalue weighted by atomic mass is 32.2. The summed E-state index contributed by atoms with van der Waals surface area (Å²) in [5.41, 5.74) is 7.49. The maximum absolute atomic E-state index is 12.3. The van der Waals surface area contributed by atoms with Gasteiger partial charge >= 0.3 is 0 Å². The van der Waals surface area contributed by atoms with Crippen LogP contribution in [-0.4, -0.2) is 39.4 Å². The number of carbonyl (C=O) groups is 1. The fourth-order valence-corrected chi connectivity index (χ4v) is 3.41. The number of nitrogens with one attached hydrogen (secondary N) is 2. The molecule has 8 heteroatoms. The zero-order valence-electron chi connectivity index (χ0n) is 13.7. The van der Waals surface area contributed by atoms with E-state index < -0.39 is 0 Å². The number of piperidine rings is 1. The molecule has 0 saturated carbocycles.